The average molecular weight is 339 g/mol. The molecule has 24 heavy (non-hydrogen) atoms. The van der Waals surface area contributed by atoms with Crippen molar-refractivity contribution in [2.45, 2.75) is 51.0 Å². The molecule has 1 fully saturated rings. The number of amides is 1. The smallest absolute Gasteiger partial charge is 0.308 e. The molecule has 4 nitrogen and oxygen atoms in total. The van der Waals surface area contributed by atoms with Gasteiger partial charge in [0.1, 0.15) is 0 Å². The second-order valence-electron chi connectivity index (χ2n) is 6.11. The Morgan fingerprint density at radius 3 is 2.46 bits per heavy atom. The van der Waals surface area contributed by atoms with E-state index >= 15 is 0 Å². The predicted octanol–water partition coefficient (Wildman–Crippen LogP) is 3.62. The third-order valence-corrected chi connectivity index (χ3v) is 4.28. The highest BCUT2D eigenvalue weighted by Crippen LogP contribution is 2.36. The highest BCUT2D eigenvalue weighted by molar-refractivity contribution is 5.80. The minimum Gasteiger partial charge on any atom is -0.466 e. The van der Waals surface area contributed by atoms with Gasteiger partial charge in [-0.25, -0.2) is 8.78 Å². The molecule has 0 bridgehead atoms. The molecule has 0 aromatic heterocycles. The van der Waals surface area contributed by atoms with Gasteiger partial charge in [0.25, 0.3) is 0 Å². The lowest BCUT2D eigenvalue weighted by molar-refractivity contribution is -0.144. The summed E-state index contributed by atoms with van der Waals surface area (Å²) in [4.78, 5) is 24.2. The van der Waals surface area contributed by atoms with Crippen LogP contribution in [0, 0.1) is 5.92 Å². The van der Waals surface area contributed by atoms with Gasteiger partial charge in [-0.2, -0.15) is 0 Å². The molecule has 132 valence electrons. The number of hydrogen-bond donors (Lipinski definition) is 1. The standard InChI is InChI=1S/C18H23F2NO3/c1-2-24-16(22)12-15(13-6-4-3-5-7-13)21-17(23)14-8-10-18(19,20)11-9-14/h3-7,14-15H,2,8-12H2,1H3,(H,21,23)/t15-/m0/s1. The maximum absolute atomic E-state index is 13.2. The number of carbonyl (C=O) groups excluding carboxylic acids is 2. The number of halogens is 2. The van der Waals surface area contributed by atoms with Gasteiger partial charge in [0.05, 0.1) is 19.1 Å². The van der Waals surface area contributed by atoms with Crippen molar-refractivity contribution in [3.05, 3.63) is 35.9 Å². The Hall–Kier alpha value is -1.98. The molecular formula is C18H23F2NO3. The molecule has 2 rings (SSSR count). The van der Waals surface area contributed by atoms with Crippen molar-refractivity contribution in [1.29, 1.82) is 0 Å². The molecule has 6 heteroatoms. The maximum Gasteiger partial charge on any atom is 0.308 e. The summed E-state index contributed by atoms with van der Waals surface area (Å²) < 4.78 is 31.4. The van der Waals surface area contributed by atoms with E-state index in [1.165, 1.54) is 0 Å². The van der Waals surface area contributed by atoms with Gasteiger partial charge in [-0.1, -0.05) is 30.3 Å². The van der Waals surface area contributed by atoms with Gasteiger partial charge in [0.2, 0.25) is 11.8 Å². The van der Waals surface area contributed by atoms with Gasteiger partial charge in [-0.05, 0) is 25.3 Å². The first-order chi connectivity index (χ1) is 11.4. The summed E-state index contributed by atoms with van der Waals surface area (Å²) in [5, 5.41) is 2.84. The van der Waals surface area contributed by atoms with Crippen LogP contribution in [0.5, 0.6) is 0 Å². The van der Waals surface area contributed by atoms with Gasteiger partial charge in [0.15, 0.2) is 0 Å². The van der Waals surface area contributed by atoms with Crippen LogP contribution in [-0.4, -0.2) is 24.4 Å². The van der Waals surface area contributed by atoms with Crippen molar-refractivity contribution in [2.75, 3.05) is 6.61 Å². The molecule has 0 spiro atoms. The maximum atomic E-state index is 13.2. The average Bonchev–Trinajstić information content (AvgIpc) is 2.55. The van der Waals surface area contributed by atoms with E-state index in [-0.39, 0.29) is 44.6 Å². The molecule has 0 unspecified atom stereocenters. The Labute approximate surface area is 140 Å². The Kier molecular flexibility index (Phi) is 6.29. The SMILES string of the molecule is CCOC(=O)C[C@H](NC(=O)C1CCC(F)(F)CC1)c1ccccc1. The van der Waals surface area contributed by atoms with Gasteiger partial charge < -0.3 is 10.1 Å². The summed E-state index contributed by atoms with van der Waals surface area (Å²) in [5.74, 6) is -3.77. The third-order valence-electron chi connectivity index (χ3n) is 4.28. The van der Waals surface area contributed by atoms with Gasteiger partial charge in [-0.15, -0.1) is 0 Å². The minimum absolute atomic E-state index is 0.0203. The van der Waals surface area contributed by atoms with Crippen LogP contribution in [0.25, 0.3) is 0 Å². The molecule has 1 atom stereocenters. The fraction of sp³-hybridized carbons (Fsp3) is 0.556. The number of rotatable bonds is 6. The quantitative estimate of drug-likeness (QED) is 0.805. The summed E-state index contributed by atoms with van der Waals surface area (Å²) in [5.41, 5.74) is 0.792. The molecule has 1 N–H and O–H groups in total. The predicted molar refractivity (Wildman–Crippen MR) is 85.5 cm³/mol. The molecular weight excluding hydrogens is 316 g/mol. The normalized spacial score (nSPS) is 18.6. The first kappa shape index (κ1) is 18.4. The van der Waals surface area contributed by atoms with E-state index < -0.39 is 23.9 Å². The molecule has 1 aromatic carbocycles. The summed E-state index contributed by atoms with van der Waals surface area (Å²) in [6, 6.07) is 8.61. The fourth-order valence-electron chi connectivity index (χ4n) is 2.92. The molecule has 0 saturated heterocycles. The molecule has 1 saturated carbocycles. The van der Waals surface area contributed by atoms with Crippen LogP contribution in [0.4, 0.5) is 8.78 Å². The molecule has 1 aromatic rings. The minimum atomic E-state index is -2.67. The number of ether oxygens (including phenoxy) is 1. The van der Waals surface area contributed by atoms with Crippen LogP contribution in [0.1, 0.15) is 50.6 Å². The summed E-state index contributed by atoms with van der Waals surface area (Å²) in [6.07, 6.45) is -0.177. The van der Waals surface area contributed by atoms with Crippen LogP contribution in [-0.2, 0) is 14.3 Å². The highest BCUT2D eigenvalue weighted by Gasteiger charge is 2.37. The van der Waals surface area contributed by atoms with Crippen LogP contribution >= 0.6 is 0 Å². The number of alkyl halides is 2. The van der Waals surface area contributed by atoms with E-state index in [1.54, 1.807) is 6.92 Å². The number of benzene rings is 1. The van der Waals surface area contributed by atoms with E-state index in [4.69, 9.17) is 4.74 Å². The lowest BCUT2D eigenvalue weighted by Crippen LogP contribution is -2.38. The van der Waals surface area contributed by atoms with Crippen molar-refractivity contribution in [3.8, 4) is 0 Å². The van der Waals surface area contributed by atoms with E-state index in [9.17, 15) is 18.4 Å². The Bertz CT molecular complexity index is 553. The van der Waals surface area contributed by atoms with Crippen molar-refractivity contribution in [3.63, 3.8) is 0 Å². The summed E-state index contributed by atoms with van der Waals surface area (Å²) >= 11 is 0. The zero-order valence-corrected chi connectivity index (χ0v) is 13.8. The highest BCUT2D eigenvalue weighted by atomic mass is 19.3. The van der Waals surface area contributed by atoms with Gasteiger partial charge in [0, 0.05) is 18.8 Å². The Balaban J connectivity index is 2.02. The van der Waals surface area contributed by atoms with Gasteiger partial charge in [-0.3, -0.25) is 9.59 Å². The first-order valence-electron chi connectivity index (χ1n) is 8.30. The molecule has 1 amide bonds. The molecule has 0 heterocycles. The van der Waals surface area contributed by atoms with Crippen LogP contribution in [0.3, 0.4) is 0 Å². The number of esters is 1. The van der Waals surface area contributed by atoms with Crippen LogP contribution in [0.15, 0.2) is 30.3 Å². The van der Waals surface area contributed by atoms with Gasteiger partial charge >= 0.3 is 5.97 Å². The monoisotopic (exact) mass is 339 g/mol. The van der Waals surface area contributed by atoms with Crippen molar-refractivity contribution >= 4 is 11.9 Å². The van der Waals surface area contributed by atoms with E-state index in [1.807, 2.05) is 30.3 Å². The molecule has 1 aliphatic rings. The number of nitrogens with one attached hydrogen (secondary N) is 1. The van der Waals surface area contributed by atoms with Crippen molar-refractivity contribution in [2.24, 2.45) is 5.92 Å². The topological polar surface area (TPSA) is 55.4 Å². The van der Waals surface area contributed by atoms with Crippen LogP contribution < -0.4 is 5.32 Å². The third kappa shape index (κ3) is 5.28. The first-order valence-corrected chi connectivity index (χ1v) is 8.30. The van der Waals surface area contributed by atoms with E-state index in [0.29, 0.717) is 0 Å². The number of carbonyl (C=O) groups is 2. The Morgan fingerprint density at radius 2 is 1.88 bits per heavy atom. The molecule has 0 radical (unpaired) electrons. The zero-order valence-electron chi connectivity index (χ0n) is 13.8. The van der Waals surface area contributed by atoms with Crippen molar-refractivity contribution < 1.29 is 23.1 Å². The van der Waals surface area contributed by atoms with E-state index in [2.05, 4.69) is 5.32 Å². The largest absolute Gasteiger partial charge is 0.466 e. The second kappa shape index (κ2) is 8.22. The van der Waals surface area contributed by atoms with Crippen LogP contribution in [0.2, 0.25) is 0 Å². The number of hydrogen-bond acceptors (Lipinski definition) is 3. The fourth-order valence-corrected chi connectivity index (χ4v) is 2.92. The second-order valence-corrected chi connectivity index (χ2v) is 6.11. The summed E-state index contributed by atoms with van der Waals surface area (Å²) in [6.45, 7) is 1.99. The Morgan fingerprint density at radius 1 is 1.25 bits per heavy atom. The molecule has 0 aliphatic heterocycles. The lowest BCUT2D eigenvalue weighted by atomic mass is 9.86. The zero-order chi connectivity index (χ0) is 17.6. The van der Waals surface area contributed by atoms with Crippen molar-refractivity contribution in [1.82, 2.24) is 5.32 Å². The lowest BCUT2D eigenvalue weighted by Gasteiger charge is -2.29. The molecule has 1 aliphatic carbocycles. The summed E-state index contributed by atoms with van der Waals surface area (Å²) in [7, 11) is 0. The van der Waals surface area contributed by atoms with E-state index in [0.717, 1.165) is 5.56 Å².